The van der Waals surface area contributed by atoms with E-state index in [1.54, 1.807) is 35.8 Å². The molecule has 5 nitrogen and oxygen atoms in total. The average Bonchev–Trinajstić information content (AvgIpc) is 2.99. The third kappa shape index (κ3) is 3.69. The number of carbonyl (C=O) groups is 1. The number of aromatic nitrogens is 3. The maximum atomic E-state index is 13.3. The molecule has 8 heteroatoms. The van der Waals surface area contributed by atoms with Crippen molar-refractivity contribution < 1.29 is 13.6 Å². The minimum atomic E-state index is -0.524. The number of nitrogens with two attached hydrogens (primary N) is 1. The van der Waals surface area contributed by atoms with Crippen molar-refractivity contribution in [3.8, 4) is 17.1 Å². The quantitative estimate of drug-likeness (QED) is 0.709. The number of hydrogen-bond donors (Lipinski definition) is 1. The molecule has 3 rings (SSSR count). The summed E-state index contributed by atoms with van der Waals surface area (Å²) in [6.45, 7) is 1.66. The average molecular weight is 360 g/mol. The Morgan fingerprint density at radius 3 is 2.16 bits per heavy atom. The Kier molecular flexibility index (Phi) is 4.80. The van der Waals surface area contributed by atoms with Crippen molar-refractivity contribution in [1.82, 2.24) is 14.8 Å². The molecule has 3 aromatic rings. The summed E-state index contributed by atoms with van der Waals surface area (Å²) in [6.07, 6.45) is 0. The van der Waals surface area contributed by atoms with Gasteiger partial charge in [0.15, 0.2) is 11.0 Å². The normalized spacial score (nSPS) is 12.1. The summed E-state index contributed by atoms with van der Waals surface area (Å²) in [5.74, 6) is -0.777. The van der Waals surface area contributed by atoms with Gasteiger partial charge in [0.25, 0.3) is 0 Å². The highest BCUT2D eigenvalue weighted by Crippen LogP contribution is 2.30. The smallest absolute Gasteiger partial charge is 0.230 e. The number of halogens is 2. The zero-order valence-electron chi connectivity index (χ0n) is 13.2. The van der Waals surface area contributed by atoms with E-state index in [1.165, 1.54) is 24.3 Å². The van der Waals surface area contributed by atoms with Crippen LogP contribution in [0.15, 0.2) is 53.7 Å². The summed E-state index contributed by atoms with van der Waals surface area (Å²) in [7, 11) is 0. The van der Waals surface area contributed by atoms with Gasteiger partial charge in [-0.15, -0.1) is 10.2 Å². The van der Waals surface area contributed by atoms with Crippen LogP contribution in [0.25, 0.3) is 17.1 Å². The predicted octanol–water partition coefficient (Wildman–Crippen LogP) is 3.18. The molecule has 0 aliphatic carbocycles. The van der Waals surface area contributed by atoms with Gasteiger partial charge < -0.3 is 5.73 Å². The molecule has 0 radical (unpaired) electrons. The van der Waals surface area contributed by atoms with E-state index in [9.17, 15) is 13.6 Å². The fraction of sp³-hybridized carbons (Fsp3) is 0.118. The molecule has 25 heavy (non-hydrogen) atoms. The van der Waals surface area contributed by atoms with Gasteiger partial charge in [-0.1, -0.05) is 11.8 Å². The van der Waals surface area contributed by atoms with E-state index in [-0.39, 0.29) is 11.6 Å². The molecule has 1 unspecified atom stereocenters. The highest BCUT2D eigenvalue weighted by molar-refractivity contribution is 8.00. The van der Waals surface area contributed by atoms with Crippen LogP contribution in [0, 0.1) is 11.6 Å². The largest absolute Gasteiger partial charge is 0.369 e. The third-order valence-corrected chi connectivity index (χ3v) is 4.56. The highest BCUT2D eigenvalue weighted by atomic mass is 32.2. The molecule has 128 valence electrons. The number of amides is 1. The summed E-state index contributed by atoms with van der Waals surface area (Å²) in [6, 6.07) is 11.6. The lowest BCUT2D eigenvalue weighted by molar-refractivity contribution is -0.117. The fourth-order valence-electron chi connectivity index (χ4n) is 2.17. The monoisotopic (exact) mass is 360 g/mol. The minimum Gasteiger partial charge on any atom is -0.369 e. The van der Waals surface area contributed by atoms with Gasteiger partial charge in [0.1, 0.15) is 11.6 Å². The molecule has 0 aliphatic rings. The van der Waals surface area contributed by atoms with E-state index < -0.39 is 11.2 Å². The molecular weight excluding hydrogens is 346 g/mol. The molecule has 0 saturated heterocycles. The van der Waals surface area contributed by atoms with Gasteiger partial charge >= 0.3 is 0 Å². The van der Waals surface area contributed by atoms with Gasteiger partial charge in [-0.25, -0.2) is 8.78 Å². The van der Waals surface area contributed by atoms with E-state index >= 15 is 0 Å². The first-order valence-corrected chi connectivity index (χ1v) is 8.27. The van der Waals surface area contributed by atoms with E-state index in [0.29, 0.717) is 22.2 Å². The van der Waals surface area contributed by atoms with Crippen molar-refractivity contribution in [3.05, 3.63) is 60.2 Å². The van der Waals surface area contributed by atoms with Crippen LogP contribution in [0.5, 0.6) is 0 Å². The molecule has 0 saturated carbocycles. The lowest BCUT2D eigenvalue weighted by Crippen LogP contribution is -2.23. The predicted molar refractivity (Wildman–Crippen MR) is 91.2 cm³/mol. The first-order valence-electron chi connectivity index (χ1n) is 7.39. The standard InChI is InChI=1S/C17H14F2N4OS/c1-10(15(20)24)25-17-22-21-16(11-2-4-12(18)5-3-11)23(17)14-8-6-13(19)7-9-14/h2-10H,1H3,(H2,20,24). The molecule has 0 aliphatic heterocycles. The Bertz CT molecular complexity index is 894. The highest BCUT2D eigenvalue weighted by Gasteiger charge is 2.20. The number of carbonyl (C=O) groups excluding carboxylic acids is 1. The maximum absolute atomic E-state index is 13.3. The summed E-state index contributed by atoms with van der Waals surface area (Å²) >= 11 is 1.14. The second-order valence-corrected chi connectivity index (χ2v) is 6.60. The van der Waals surface area contributed by atoms with E-state index in [4.69, 9.17) is 5.73 Å². The molecule has 0 spiro atoms. The molecule has 1 aromatic heterocycles. The lowest BCUT2D eigenvalue weighted by atomic mass is 10.2. The van der Waals surface area contributed by atoms with Gasteiger partial charge in [0.05, 0.1) is 5.25 Å². The number of primary amides is 1. The van der Waals surface area contributed by atoms with Crippen molar-refractivity contribution in [1.29, 1.82) is 0 Å². The van der Waals surface area contributed by atoms with E-state index in [2.05, 4.69) is 10.2 Å². The van der Waals surface area contributed by atoms with Gasteiger partial charge in [-0.3, -0.25) is 9.36 Å². The molecule has 0 bridgehead atoms. The van der Waals surface area contributed by atoms with Crippen molar-refractivity contribution in [3.63, 3.8) is 0 Å². The zero-order valence-corrected chi connectivity index (χ0v) is 14.0. The van der Waals surface area contributed by atoms with Crippen LogP contribution in [-0.4, -0.2) is 25.9 Å². The van der Waals surface area contributed by atoms with Crippen LogP contribution < -0.4 is 5.73 Å². The third-order valence-electron chi connectivity index (χ3n) is 3.50. The van der Waals surface area contributed by atoms with Crippen LogP contribution >= 0.6 is 11.8 Å². The van der Waals surface area contributed by atoms with Crippen molar-refractivity contribution in [2.45, 2.75) is 17.3 Å². The summed E-state index contributed by atoms with van der Waals surface area (Å²) < 4.78 is 28.1. The topological polar surface area (TPSA) is 73.8 Å². The number of thioether (sulfide) groups is 1. The molecular formula is C17H14F2N4OS. The van der Waals surface area contributed by atoms with Gasteiger partial charge in [-0.2, -0.15) is 0 Å². The number of hydrogen-bond acceptors (Lipinski definition) is 4. The zero-order chi connectivity index (χ0) is 18.0. The van der Waals surface area contributed by atoms with Crippen LogP contribution in [0.3, 0.4) is 0 Å². The number of rotatable bonds is 5. The summed E-state index contributed by atoms with van der Waals surface area (Å²) in [5, 5.41) is 8.17. The first-order chi connectivity index (χ1) is 12.0. The minimum absolute atomic E-state index is 0.367. The maximum Gasteiger partial charge on any atom is 0.230 e. The molecule has 2 aromatic carbocycles. The first kappa shape index (κ1) is 17.1. The van der Waals surface area contributed by atoms with Crippen molar-refractivity contribution in [2.24, 2.45) is 5.73 Å². The van der Waals surface area contributed by atoms with E-state index in [1.807, 2.05) is 0 Å². The SMILES string of the molecule is CC(Sc1nnc(-c2ccc(F)cc2)n1-c1ccc(F)cc1)C(N)=O. The summed E-state index contributed by atoms with van der Waals surface area (Å²) in [4.78, 5) is 11.4. The van der Waals surface area contributed by atoms with Crippen LogP contribution in [0.4, 0.5) is 8.78 Å². The second-order valence-electron chi connectivity index (χ2n) is 5.29. The summed E-state index contributed by atoms with van der Waals surface area (Å²) in [5.41, 5.74) is 6.57. The fourth-order valence-corrected chi connectivity index (χ4v) is 2.99. The van der Waals surface area contributed by atoms with Crippen LogP contribution in [0.1, 0.15) is 6.92 Å². The Balaban J connectivity index is 2.12. The second kappa shape index (κ2) is 7.02. The Morgan fingerprint density at radius 2 is 1.60 bits per heavy atom. The molecule has 1 atom stereocenters. The van der Waals surface area contributed by atoms with Gasteiger partial charge in [-0.05, 0) is 55.5 Å². The van der Waals surface area contributed by atoms with Crippen molar-refractivity contribution >= 4 is 17.7 Å². The van der Waals surface area contributed by atoms with Crippen molar-refractivity contribution in [2.75, 3.05) is 0 Å². The number of benzene rings is 2. The molecule has 0 fully saturated rings. The van der Waals surface area contributed by atoms with Gasteiger partial charge in [0.2, 0.25) is 5.91 Å². The van der Waals surface area contributed by atoms with Crippen LogP contribution in [-0.2, 0) is 4.79 Å². The lowest BCUT2D eigenvalue weighted by Gasteiger charge is -2.12. The number of nitrogens with zero attached hydrogens (tertiary/aromatic N) is 3. The Morgan fingerprint density at radius 1 is 1.04 bits per heavy atom. The van der Waals surface area contributed by atoms with E-state index in [0.717, 1.165) is 11.8 Å². The Hall–Kier alpha value is -2.74. The molecule has 1 heterocycles. The molecule has 2 N–H and O–H groups in total. The molecule has 1 amide bonds. The van der Waals surface area contributed by atoms with Crippen LogP contribution in [0.2, 0.25) is 0 Å². The van der Waals surface area contributed by atoms with Gasteiger partial charge in [0, 0.05) is 11.3 Å². The Labute approximate surface area is 146 Å².